The fraction of sp³-hybridized carbons (Fsp3) is 0.588. The van der Waals surface area contributed by atoms with Crippen molar-refractivity contribution in [2.24, 2.45) is 10.9 Å². The van der Waals surface area contributed by atoms with Crippen molar-refractivity contribution in [2.75, 3.05) is 0 Å². The zero-order valence-electron chi connectivity index (χ0n) is 11.2. The zero-order chi connectivity index (χ0) is 12.2. The van der Waals surface area contributed by atoms with Crippen LogP contribution in [0.25, 0.3) is 0 Å². The first-order chi connectivity index (χ1) is 8.95. The van der Waals surface area contributed by atoms with Gasteiger partial charge in [0.1, 0.15) is 0 Å². The van der Waals surface area contributed by atoms with Crippen molar-refractivity contribution < 1.29 is 0 Å². The van der Waals surface area contributed by atoms with E-state index >= 15 is 0 Å². The number of allylic oxidation sites excluding steroid dienone is 5. The second kappa shape index (κ2) is 5.69. The van der Waals surface area contributed by atoms with Crippen molar-refractivity contribution >= 4 is 5.71 Å². The van der Waals surface area contributed by atoms with Crippen LogP contribution < -0.4 is 0 Å². The molecule has 0 atom stereocenters. The van der Waals surface area contributed by atoms with Gasteiger partial charge in [0.25, 0.3) is 0 Å². The molecule has 1 nitrogen and oxygen atoms in total. The molecule has 0 N–H and O–H groups in total. The molecule has 1 aliphatic heterocycles. The minimum atomic E-state index is 0.711. The highest BCUT2D eigenvalue weighted by Crippen LogP contribution is 2.32. The molecule has 0 bridgehead atoms. The van der Waals surface area contributed by atoms with Crippen molar-refractivity contribution in [2.45, 2.75) is 57.8 Å². The Bertz CT molecular complexity index is 415. The van der Waals surface area contributed by atoms with Crippen LogP contribution >= 0.6 is 0 Å². The second-order valence-corrected chi connectivity index (χ2v) is 5.75. The molecule has 0 saturated heterocycles. The minimum absolute atomic E-state index is 0.711. The molecule has 0 aromatic rings. The summed E-state index contributed by atoms with van der Waals surface area (Å²) in [6.45, 7) is 0. The normalized spacial score (nSPS) is 25.4. The third-order valence-electron chi connectivity index (χ3n) is 4.48. The maximum Gasteiger partial charge on any atom is 0.0506 e. The van der Waals surface area contributed by atoms with Gasteiger partial charge in [0, 0.05) is 12.1 Å². The van der Waals surface area contributed by atoms with Gasteiger partial charge in [-0.1, -0.05) is 49.5 Å². The van der Waals surface area contributed by atoms with Crippen molar-refractivity contribution in [1.29, 1.82) is 0 Å². The zero-order valence-corrected chi connectivity index (χ0v) is 11.2. The highest BCUT2D eigenvalue weighted by molar-refractivity contribution is 6.05. The molecule has 96 valence electrons. The molecular formula is C17H23N. The van der Waals surface area contributed by atoms with Crippen molar-refractivity contribution in [1.82, 2.24) is 0 Å². The van der Waals surface area contributed by atoms with E-state index in [1.807, 2.05) is 6.20 Å². The van der Waals surface area contributed by atoms with E-state index in [-0.39, 0.29) is 0 Å². The Balaban J connectivity index is 1.90. The van der Waals surface area contributed by atoms with Crippen LogP contribution in [0.15, 0.2) is 40.6 Å². The lowest BCUT2D eigenvalue weighted by Gasteiger charge is -2.21. The van der Waals surface area contributed by atoms with Crippen LogP contribution in [-0.4, -0.2) is 5.71 Å². The topological polar surface area (TPSA) is 12.4 Å². The van der Waals surface area contributed by atoms with Crippen LogP contribution in [0.5, 0.6) is 0 Å². The summed E-state index contributed by atoms with van der Waals surface area (Å²) in [5, 5.41) is 0. The molecule has 0 unspecified atom stereocenters. The molecule has 0 amide bonds. The number of hydrogen-bond acceptors (Lipinski definition) is 1. The first kappa shape index (κ1) is 12.0. The predicted octanol–water partition coefficient (Wildman–Crippen LogP) is 4.96. The Morgan fingerprint density at radius 1 is 1.00 bits per heavy atom. The van der Waals surface area contributed by atoms with Crippen LogP contribution in [0.3, 0.4) is 0 Å². The van der Waals surface area contributed by atoms with Crippen LogP contribution in [0.2, 0.25) is 0 Å². The molecule has 0 spiro atoms. The van der Waals surface area contributed by atoms with Gasteiger partial charge in [-0.25, -0.2) is 0 Å². The summed E-state index contributed by atoms with van der Waals surface area (Å²) in [7, 11) is 0. The third kappa shape index (κ3) is 2.50. The first-order valence-electron chi connectivity index (χ1n) is 7.57. The summed E-state index contributed by atoms with van der Waals surface area (Å²) >= 11 is 0. The largest absolute Gasteiger partial charge is 0.261 e. The number of aliphatic imine (C=N–C) groups is 1. The lowest BCUT2D eigenvalue weighted by Crippen LogP contribution is -2.17. The molecule has 0 radical (unpaired) electrons. The molecule has 1 fully saturated rings. The van der Waals surface area contributed by atoms with Gasteiger partial charge in [0.15, 0.2) is 0 Å². The molecule has 3 rings (SSSR count). The SMILES string of the molecule is C1=CC2=C(CC=CN=C2C2CCCCCC2)CC1. The summed E-state index contributed by atoms with van der Waals surface area (Å²) in [4.78, 5) is 4.80. The van der Waals surface area contributed by atoms with Gasteiger partial charge in [-0.2, -0.15) is 0 Å². The van der Waals surface area contributed by atoms with Crippen LogP contribution in [0.4, 0.5) is 0 Å². The van der Waals surface area contributed by atoms with E-state index in [2.05, 4.69) is 18.2 Å². The Labute approximate surface area is 110 Å². The van der Waals surface area contributed by atoms with Gasteiger partial charge in [-0.15, -0.1) is 0 Å². The van der Waals surface area contributed by atoms with E-state index in [9.17, 15) is 0 Å². The monoisotopic (exact) mass is 241 g/mol. The Kier molecular flexibility index (Phi) is 3.78. The van der Waals surface area contributed by atoms with E-state index in [4.69, 9.17) is 4.99 Å². The van der Waals surface area contributed by atoms with Gasteiger partial charge in [0.2, 0.25) is 0 Å². The van der Waals surface area contributed by atoms with Gasteiger partial charge in [-0.3, -0.25) is 4.99 Å². The number of rotatable bonds is 1. The molecule has 2 aliphatic carbocycles. The fourth-order valence-electron chi connectivity index (χ4n) is 3.47. The number of nitrogens with zero attached hydrogens (tertiary/aromatic N) is 1. The summed E-state index contributed by atoms with van der Waals surface area (Å²) < 4.78 is 0. The van der Waals surface area contributed by atoms with Crippen molar-refractivity contribution in [3.8, 4) is 0 Å². The van der Waals surface area contributed by atoms with Gasteiger partial charge in [-0.05, 0) is 37.7 Å². The summed E-state index contributed by atoms with van der Waals surface area (Å²) in [6.07, 6.45) is 20.8. The highest BCUT2D eigenvalue weighted by atomic mass is 14.7. The average Bonchev–Trinajstić information content (AvgIpc) is 2.79. The van der Waals surface area contributed by atoms with Gasteiger partial charge < -0.3 is 0 Å². The molecule has 1 heteroatoms. The van der Waals surface area contributed by atoms with Gasteiger partial charge in [0.05, 0.1) is 5.71 Å². The summed E-state index contributed by atoms with van der Waals surface area (Å²) in [6, 6.07) is 0. The first-order valence-corrected chi connectivity index (χ1v) is 7.57. The van der Waals surface area contributed by atoms with E-state index in [0.29, 0.717) is 5.92 Å². The average molecular weight is 241 g/mol. The lowest BCUT2D eigenvalue weighted by molar-refractivity contribution is 0.591. The third-order valence-corrected chi connectivity index (χ3v) is 4.48. The highest BCUT2D eigenvalue weighted by Gasteiger charge is 2.23. The lowest BCUT2D eigenvalue weighted by atomic mass is 9.84. The maximum absolute atomic E-state index is 4.80. The molecular weight excluding hydrogens is 218 g/mol. The maximum atomic E-state index is 4.80. The van der Waals surface area contributed by atoms with Crippen molar-refractivity contribution in [3.63, 3.8) is 0 Å². The molecule has 1 heterocycles. The minimum Gasteiger partial charge on any atom is -0.261 e. The van der Waals surface area contributed by atoms with Gasteiger partial charge >= 0.3 is 0 Å². The Morgan fingerprint density at radius 3 is 2.67 bits per heavy atom. The van der Waals surface area contributed by atoms with Crippen LogP contribution in [0, 0.1) is 5.92 Å². The van der Waals surface area contributed by atoms with E-state index in [0.717, 1.165) is 6.42 Å². The number of hydrogen-bond donors (Lipinski definition) is 0. The second-order valence-electron chi connectivity index (χ2n) is 5.75. The smallest absolute Gasteiger partial charge is 0.0506 e. The van der Waals surface area contributed by atoms with Crippen LogP contribution in [0.1, 0.15) is 57.8 Å². The Hall–Kier alpha value is -1.11. The molecule has 0 aromatic heterocycles. The molecule has 0 aromatic carbocycles. The predicted molar refractivity (Wildman–Crippen MR) is 77.8 cm³/mol. The quantitative estimate of drug-likeness (QED) is 0.575. The van der Waals surface area contributed by atoms with Crippen molar-refractivity contribution in [3.05, 3.63) is 35.6 Å². The summed E-state index contributed by atoms with van der Waals surface area (Å²) in [5.41, 5.74) is 4.50. The fourth-order valence-corrected chi connectivity index (χ4v) is 3.47. The molecule has 3 aliphatic rings. The van der Waals surface area contributed by atoms with E-state index in [1.165, 1.54) is 62.7 Å². The molecule has 1 saturated carbocycles. The van der Waals surface area contributed by atoms with Crippen LogP contribution in [-0.2, 0) is 0 Å². The van der Waals surface area contributed by atoms with E-state index in [1.54, 1.807) is 5.57 Å². The standard InChI is InChI=1S/C17H23N/c1-2-4-10-15(9-3-1)17-16-12-6-5-8-14(16)11-7-13-18-17/h6-7,12-13,15H,1-5,8-11H2. The summed E-state index contributed by atoms with van der Waals surface area (Å²) in [5.74, 6) is 0.711. The van der Waals surface area contributed by atoms with E-state index < -0.39 is 0 Å². The Morgan fingerprint density at radius 2 is 1.83 bits per heavy atom. The molecule has 18 heavy (non-hydrogen) atoms.